The zero-order valence-corrected chi connectivity index (χ0v) is 12.2. The molecule has 1 aliphatic carbocycles. The molecule has 0 aliphatic heterocycles. The van der Waals surface area contributed by atoms with Crippen molar-refractivity contribution in [3.05, 3.63) is 58.3 Å². The van der Waals surface area contributed by atoms with Gasteiger partial charge in [0, 0.05) is 17.9 Å². The summed E-state index contributed by atoms with van der Waals surface area (Å²) in [5.74, 6) is -0.479. The van der Waals surface area contributed by atoms with Gasteiger partial charge < -0.3 is 9.47 Å². The Morgan fingerprint density at radius 3 is 2.45 bits per heavy atom. The Bertz CT molecular complexity index is 593. The summed E-state index contributed by atoms with van der Waals surface area (Å²) in [6, 6.07) is 14.0. The van der Waals surface area contributed by atoms with Crippen LogP contribution in [-0.4, -0.2) is 20.2 Å². The van der Waals surface area contributed by atoms with Gasteiger partial charge >= 0.3 is 5.97 Å². The Balaban J connectivity index is 2.06. The van der Waals surface area contributed by atoms with Crippen molar-refractivity contribution in [2.75, 3.05) is 14.2 Å². The van der Waals surface area contributed by atoms with Gasteiger partial charge in [0.05, 0.1) is 7.11 Å². The highest BCUT2D eigenvalue weighted by Crippen LogP contribution is 2.67. The van der Waals surface area contributed by atoms with Gasteiger partial charge in [-0.3, -0.25) is 4.79 Å². The summed E-state index contributed by atoms with van der Waals surface area (Å²) >= 11 is 1.61. The van der Waals surface area contributed by atoms with Gasteiger partial charge in [-0.2, -0.15) is 0 Å². The second-order valence-corrected chi connectivity index (χ2v) is 5.81. The maximum Gasteiger partial charge on any atom is 0.312 e. The Hall–Kier alpha value is -1.65. The van der Waals surface area contributed by atoms with Gasteiger partial charge in [0.1, 0.15) is 11.5 Å². The Morgan fingerprint density at radius 1 is 1.15 bits per heavy atom. The van der Waals surface area contributed by atoms with Gasteiger partial charge in [0.2, 0.25) is 0 Å². The quantitative estimate of drug-likeness (QED) is 0.811. The van der Waals surface area contributed by atoms with Crippen LogP contribution < -0.4 is 0 Å². The molecular weight excluding hydrogens is 272 g/mol. The minimum atomic E-state index is -0.581. The molecule has 0 amide bonds. The number of hydrogen-bond donors (Lipinski definition) is 0. The van der Waals surface area contributed by atoms with E-state index in [2.05, 4.69) is 0 Å². The second-order valence-electron chi connectivity index (χ2n) is 4.86. The smallest absolute Gasteiger partial charge is 0.312 e. The number of hydrogen-bond acceptors (Lipinski definition) is 4. The first-order chi connectivity index (χ1) is 9.75. The van der Waals surface area contributed by atoms with Crippen LogP contribution in [-0.2, 0) is 19.9 Å². The number of rotatable bonds is 4. The number of thiophene rings is 1. The molecule has 3 atom stereocenters. The van der Waals surface area contributed by atoms with E-state index in [1.165, 1.54) is 7.11 Å². The Kier molecular flexibility index (Phi) is 3.36. The molecule has 3 nitrogen and oxygen atoms in total. The average molecular weight is 288 g/mol. The largest absolute Gasteiger partial charge is 0.469 e. The highest BCUT2D eigenvalue weighted by molar-refractivity contribution is 7.10. The zero-order valence-electron chi connectivity index (χ0n) is 11.4. The van der Waals surface area contributed by atoms with E-state index in [0.717, 1.165) is 10.4 Å². The van der Waals surface area contributed by atoms with Crippen molar-refractivity contribution >= 4 is 17.3 Å². The standard InChI is InChI=1S/C16H16O3S/c1-18-15(17)14-13(11-7-4-3-5-8-11)16(14,19-2)12-9-6-10-20-12/h3-10,13-14H,1-2H3. The fourth-order valence-electron chi connectivity index (χ4n) is 3.07. The lowest BCUT2D eigenvalue weighted by molar-refractivity contribution is -0.144. The number of methoxy groups -OCH3 is 2. The van der Waals surface area contributed by atoms with E-state index >= 15 is 0 Å². The Morgan fingerprint density at radius 2 is 1.90 bits per heavy atom. The van der Waals surface area contributed by atoms with Crippen LogP contribution in [0.3, 0.4) is 0 Å². The van der Waals surface area contributed by atoms with Crippen LogP contribution in [0.1, 0.15) is 16.4 Å². The first-order valence-corrected chi connectivity index (χ1v) is 7.35. The molecule has 0 N–H and O–H groups in total. The van der Waals surface area contributed by atoms with E-state index in [-0.39, 0.29) is 17.8 Å². The number of ether oxygens (including phenoxy) is 2. The SMILES string of the molecule is COC(=O)C1C(c2ccccc2)C1(OC)c1cccs1. The lowest BCUT2D eigenvalue weighted by atomic mass is 10.1. The monoisotopic (exact) mass is 288 g/mol. The molecule has 0 bridgehead atoms. The molecule has 1 aromatic carbocycles. The van der Waals surface area contributed by atoms with Crippen LogP contribution in [0.25, 0.3) is 0 Å². The van der Waals surface area contributed by atoms with Gasteiger partial charge in [0.15, 0.2) is 0 Å². The highest BCUT2D eigenvalue weighted by atomic mass is 32.1. The summed E-state index contributed by atoms with van der Waals surface area (Å²) in [4.78, 5) is 13.2. The van der Waals surface area contributed by atoms with Gasteiger partial charge in [-0.15, -0.1) is 11.3 Å². The molecule has 0 spiro atoms. The molecule has 1 saturated carbocycles. The molecule has 1 fully saturated rings. The molecule has 0 saturated heterocycles. The van der Waals surface area contributed by atoms with Crippen molar-refractivity contribution in [3.8, 4) is 0 Å². The maximum atomic E-state index is 12.1. The van der Waals surface area contributed by atoms with Crippen molar-refractivity contribution in [1.82, 2.24) is 0 Å². The highest BCUT2D eigenvalue weighted by Gasteiger charge is 2.72. The van der Waals surface area contributed by atoms with Crippen LogP contribution >= 0.6 is 11.3 Å². The normalized spacial score (nSPS) is 28.1. The molecule has 3 rings (SSSR count). The predicted molar refractivity (Wildman–Crippen MR) is 77.7 cm³/mol. The molecular formula is C16H16O3S. The summed E-state index contributed by atoms with van der Waals surface area (Å²) in [5.41, 5.74) is 0.529. The van der Waals surface area contributed by atoms with Crippen LogP contribution in [0.15, 0.2) is 47.8 Å². The fourth-order valence-corrected chi connectivity index (χ4v) is 4.05. The van der Waals surface area contributed by atoms with E-state index in [1.54, 1.807) is 18.4 Å². The van der Waals surface area contributed by atoms with E-state index in [0.29, 0.717) is 0 Å². The molecule has 1 aromatic heterocycles. The first-order valence-electron chi connectivity index (χ1n) is 6.47. The van der Waals surface area contributed by atoms with Gasteiger partial charge in [0.25, 0.3) is 0 Å². The van der Waals surface area contributed by atoms with Crippen LogP contribution in [0.5, 0.6) is 0 Å². The molecule has 20 heavy (non-hydrogen) atoms. The first kappa shape index (κ1) is 13.3. The third-order valence-corrected chi connectivity index (χ3v) is 5.01. The van der Waals surface area contributed by atoms with E-state index in [4.69, 9.17) is 9.47 Å². The van der Waals surface area contributed by atoms with E-state index in [9.17, 15) is 4.79 Å². The lowest BCUT2D eigenvalue weighted by Gasteiger charge is -2.14. The van der Waals surface area contributed by atoms with Crippen LogP contribution in [0, 0.1) is 5.92 Å². The Labute approximate surface area is 122 Å². The molecule has 2 aromatic rings. The third-order valence-electron chi connectivity index (χ3n) is 4.01. The molecule has 0 radical (unpaired) electrons. The molecule has 104 valence electrons. The fraction of sp³-hybridized carbons (Fsp3) is 0.312. The lowest BCUT2D eigenvalue weighted by Crippen LogP contribution is -2.17. The summed E-state index contributed by atoms with van der Waals surface area (Å²) in [6.07, 6.45) is 0. The zero-order chi connectivity index (χ0) is 14.2. The van der Waals surface area contributed by atoms with E-state index < -0.39 is 5.60 Å². The van der Waals surface area contributed by atoms with Crippen molar-refractivity contribution in [2.24, 2.45) is 5.92 Å². The van der Waals surface area contributed by atoms with Crippen LogP contribution in [0.4, 0.5) is 0 Å². The number of carbonyl (C=O) groups is 1. The number of benzene rings is 1. The molecule has 4 heteroatoms. The minimum absolute atomic E-state index is 0.0137. The van der Waals surface area contributed by atoms with Crippen molar-refractivity contribution in [2.45, 2.75) is 11.5 Å². The second kappa shape index (κ2) is 5.04. The van der Waals surface area contributed by atoms with E-state index in [1.807, 2.05) is 47.8 Å². The summed E-state index contributed by atoms with van der Waals surface area (Å²) < 4.78 is 10.8. The molecule has 1 aliphatic rings. The van der Waals surface area contributed by atoms with Crippen molar-refractivity contribution in [3.63, 3.8) is 0 Å². The predicted octanol–water partition coefficient (Wildman–Crippen LogP) is 3.18. The summed E-state index contributed by atoms with van der Waals surface area (Å²) in [7, 11) is 3.09. The topological polar surface area (TPSA) is 35.5 Å². The van der Waals surface area contributed by atoms with Crippen molar-refractivity contribution in [1.29, 1.82) is 0 Å². The van der Waals surface area contributed by atoms with Gasteiger partial charge in [-0.1, -0.05) is 36.4 Å². The van der Waals surface area contributed by atoms with Gasteiger partial charge in [-0.05, 0) is 17.0 Å². The average Bonchev–Trinajstić information content (AvgIpc) is 2.88. The van der Waals surface area contributed by atoms with Gasteiger partial charge in [-0.25, -0.2) is 0 Å². The van der Waals surface area contributed by atoms with Crippen molar-refractivity contribution < 1.29 is 14.3 Å². The number of carbonyl (C=O) groups excluding carboxylic acids is 1. The third kappa shape index (κ3) is 1.79. The summed E-state index contributed by atoms with van der Waals surface area (Å²) in [6.45, 7) is 0. The van der Waals surface area contributed by atoms with Crippen LogP contribution in [0.2, 0.25) is 0 Å². The number of esters is 1. The molecule has 1 heterocycles. The summed E-state index contributed by atoms with van der Waals surface area (Å²) in [5, 5.41) is 2.00. The molecule has 3 unspecified atom stereocenters. The maximum absolute atomic E-state index is 12.1. The minimum Gasteiger partial charge on any atom is -0.469 e.